The van der Waals surface area contributed by atoms with Crippen molar-refractivity contribution in [3.8, 4) is 11.5 Å². The minimum Gasteiger partial charge on any atom is -0.506 e. The van der Waals surface area contributed by atoms with Crippen molar-refractivity contribution in [1.29, 1.82) is 0 Å². The number of benzene rings is 2. The molecular formula is C22H18ClNO5S. The number of nitrogens with zero attached hydrogens (tertiary/aromatic N) is 1. The normalized spacial score (nSPS) is 18.2. The number of aliphatic imine (C=N–C) groups is 1. The fourth-order valence-corrected chi connectivity index (χ4v) is 4.18. The monoisotopic (exact) mass is 443 g/mol. The maximum atomic E-state index is 12.5. The number of aliphatic hydroxyl groups excluding tert-OH is 1. The van der Waals surface area contributed by atoms with E-state index in [1.54, 1.807) is 37.3 Å². The molecule has 0 saturated heterocycles. The van der Waals surface area contributed by atoms with Crippen LogP contribution in [0, 0.1) is 0 Å². The van der Waals surface area contributed by atoms with Crippen LogP contribution >= 0.6 is 23.4 Å². The second-order valence-corrected chi connectivity index (χ2v) is 7.82. The van der Waals surface area contributed by atoms with Gasteiger partial charge in [0.2, 0.25) is 0 Å². The third-order valence-electron chi connectivity index (χ3n) is 4.27. The summed E-state index contributed by atoms with van der Waals surface area (Å²) >= 11 is 7.22. The Labute approximate surface area is 182 Å². The van der Waals surface area contributed by atoms with Gasteiger partial charge in [0, 0.05) is 5.02 Å². The van der Waals surface area contributed by atoms with Crippen molar-refractivity contribution >= 4 is 46.1 Å². The highest BCUT2D eigenvalue weighted by atomic mass is 35.5. The van der Waals surface area contributed by atoms with E-state index in [1.807, 2.05) is 18.2 Å². The van der Waals surface area contributed by atoms with Gasteiger partial charge in [-0.3, -0.25) is 0 Å². The number of thioether (sulfide) groups is 1. The van der Waals surface area contributed by atoms with Gasteiger partial charge >= 0.3 is 5.97 Å². The average Bonchev–Trinajstić information content (AvgIpc) is 3.03. The first kappa shape index (κ1) is 20.4. The lowest BCUT2D eigenvalue weighted by Gasteiger charge is -2.18. The van der Waals surface area contributed by atoms with Crippen molar-refractivity contribution < 1.29 is 24.1 Å². The summed E-state index contributed by atoms with van der Waals surface area (Å²) in [6.07, 6.45) is 1.76. The van der Waals surface area contributed by atoms with Crippen LogP contribution in [0.3, 0.4) is 0 Å². The van der Waals surface area contributed by atoms with Crippen LogP contribution in [-0.2, 0) is 9.53 Å². The maximum Gasteiger partial charge on any atom is 0.344 e. The van der Waals surface area contributed by atoms with E-state index in [9.17, 15) is 9.90 Å². The minimum absolute atomic E-state index is 0.0330. The molecule has 2 aliphatic heterocycles. The number of carbonyl (C=O) groups excluding carboxylic acids is 1. The molecule has 154 valence electrons. The third-order valence-corrected chi connectivity index (χ3v) is 5.53. The molecule has 0 unspecified atom stereocenters. The van der Waals surface area contributed by atoms with Gasteiger partial charge in [0.15, 0.2) is 11.5 Å². The third kappa shape index (κ3) is 4.32. The van der Waals surface area contributed by atoms with Crippen molar-refractivity contribution in [3.05, 3.63) is 69.3 Å². The summed E-state index contributed by atoms with van der Waals surface area (Å²) < 4.78 is 16.3. The van der Waals surface area contributed by atoms with Gasteiger partial charge in [-0.2, -0.15) is 0 Å². The van der Waals surface area contributed by atoms with E-state index in [4.69, 9.17) is 25.8 Å². The van der Waals surface area contributed by atoms with Crippen LogP contribution in [0.4, 0.5) is 5.69 Å². The van der Waals surface area contributed by atoms with E-state index >= 15 is 0 Å². The van der Waals surface area contributed by atoms with Crippen molar-refractivity contribution in [1.82, 2.24) is 0 Å². The highest BCUT2D eigenvalue weighted by Crippen LogP contribution is 2.41. The number of aliphatic hydroxyl groups is 1. The lowest BCUT2D eigenvalue weighted by atomic mass is 10.1. The number of carbonyl (C=O) groups is 1. The second kappa shape index (κ2) is 8.85. The number of hydrogen-bond acceptors (Lipinski definition) is 7. The molecule has 2 aromatic rings. The zero-order chi connectivity index (χ0) is 21.1. The molecule has 1 N–H and O–H groups in total. The topological polar surface area (TPSA) is 77.4 Å². The van der Waals surface area contributed by atoms with Crippen LogP contribution in [0.2, 0.25) is 5.02 Å². The summed E-state index contributed by atoms with van der Waals surface area (Å²) in [5, 5.41) is 11.6. The predicted octanol–water partition coefficient (Wildman–Crippen LogP) is 5.30. The van der Waals surface area contributed by atoms with Crippen molar-refractivity contribution in [2.75, 3.05) is 19.8 Å². The van der Waals surface area contributed by atoms with Crippen LogP contribution in [-0.4, -0.2) is 35.9 Å². The van der Waals surface area contributed by atoms with Crippen LogP contribution < -0.4 is 9.47 Å². The van der Waals surface area contributed by atoms with Crippen molar-refractivity contribution in [2.45, 2.75) is 6.92 Å². The molecule has 6 nitrogen and oxygen atoms in total. The van der Waals surface area contributed by atoms with Gasteiger partial charge in [0.25, 0.3) is 0 Å². The Morgan fingerprint density at radius 1 is 1.23 bits per heavy atom. The molecule has 30 heavy (non-hydrogen) atoms. The lowest BCUT2D eigenvalue weighted by Crippen LogP contribution is -2.15. The molecule has 0 radical (unpaired) electrons. The zero-order valence-electron chi connectivity index (χ0n) is 16.1. The Balaban J connectivity index is 1.72. The molecule has 4 rings (SSSR count). The van der Waals surface area contributed by atoms with Crippen molar-refractivity contribution in [3.63, 3.8) is 0 Å². The van der Waals surface area contributed by atoms with Gasteiger partial charge in [-0.15, -0.1) is 0 Å². The molecule has 0 aliphatic carbocycles. The Morgan fingerprint density at radius 2 is 2.03 bits per heavy atom. The highest BCUT2D eigenvalue weighted by Gasteiger charge is 2.33. The van der Waals surface area contributed by atoms with E-state index in [0.29, 0.717) is 45.4 Å². The molecule has 8 heteroatoms. The van der Waals surface area contributed by atoms with Gasteiger partial charge in [0.1, 0.15) is 29.6 Å². The Kier molecular flexibility index (Phi) is 6.01. The summed E-state index contributed by atoms with van der Waals surface area (Å²) in [5.41, 5.74) is 1.39. The van der Waals surface area contributed by atoms with Crippen LogP contribution in [0.15, 0.2) is 63.7 Å². The Morgan fingerprint density at radius 3 is 2.80 bits per heavy atom. The molecule has 0 spiro atoms. The summed E-state index contributed by atoms with van der Waals surface area (Å²) in [7, 11) is 0. The fourth-order valence-electron chi connectivity index (χ4n) is 2.96. The summed E-state index contributed by atoms with van der Waals surface area (Å²) in [4.78, 5) is 17.5. The van der Waals surface area contributed by atoms with Gasteiger partial charge in [-0.25, -0.2) is 9.79 Å². The van der Waals surface area contributed by atoms with E-state index in [2.05, 4.69) is 4.99 Å². The molecular weight excluding hydrogens is 426 g/mol. The van der Waals surface area contributed by atoms with Crippen LogP contribution in [0.25, 0.3) is 6.08 Å². The van der Waals surface area contributed by atoms with E-state index in [-0.39, 0.29) is 17.9 Å². The van der Waals surface area contributed by atoms with Gasteiger partial charge in [-0.1, -0.05) is 35.5 Å². The first-order chi connectivity index (χ1) is 14.5. The number of rotatable bonds is 4. The van der Waals surface area contributed by atoms with Crippen LogP contribution in [0.5, 0.6) is 11.5 Å². The smallest absolute Gasteiger partial charge is 0.344 e. The first-order valence-corrected chi connectivity index (χ1v) is 10.5. The quantitative estimate of drug-likeness (QED) is 0.646. The van der Waals surface area contributed by atoms with Crippen molar-refractivity contribution in [2.24, 2.45) is 4.99 Å². The summed E-state index contributed by atoms with van der Waals surface area (Å²) in [5.74, 6) is 0.515. The van der Waals surface area contributed by atoms with Gasteiger partial charge in [0.05, 0.1) is 17.2 Å². The number of ether oxygens (including phenoxy) is 3. The number of fused-ring (bicyclic) bond motifs is 1. The van der Waals surface area contributed by atoms with E-state index < -0.39 is 5.97 Å². The number of hydrogen-bond donors (Lipinski definition) is 1. The molecule has 0 aromatic heterocycles. The van der Waals surface area contributed by atoms with Gasteiger partial charge < -0.3 is 19.3 Å². The SMILES string of the molecule is CCOC(=O)C1=C(O)/C(=C\c2ccc3c(c2)OCCO3)SC1=Nc1cccc(Cl)c1. The second-order valence-electron chi connectivity index (χ2n) is 6.35. The molecule has 0 saturated carbocycles. The molecule has 2 aromatic carbocycles. The molecule has 2 aliphatic rings. The zero-order valence-corrected chi connectivity index (χ0v) is 17.6. The lowest BCUT2D eigenvalue weighted by molar-refractivity contribution is -0.138. The van der Waals surface area contributed by atoms with Crippen LogP contribution in [0.1, 0.15) is 12.5 Å². The highest BCUT2D eigenvalue weighted by molar-refractivity contribution is 8.18. The largest absolute Gasteiger partial charge is 0.506 e. The molecule has 0 bridgehead atoms. The maximum absolute atomic E-state index is 12.5. The molecule has 2 heterocycles. The van der Waals surface area contributed by atoms with Gasteiger partial charge in [-0.05, 0) is 48.9 Å². The van der Waals surface area contributed by atoms with E-state index in [0.717, 1.165) is 5.56 Å². The summed E-state index contributed by atoms with van der Waals surface area (Å²) in [6.45, 7) is 2.89. The predicted molar refractivity (Wildman–Crippen MR) is 118 cm³/mol. The number of esters is 1. The molecule has 0 amide bonds. The molecule has 0 atom stereocenters. The standard InChI is InChI=1S/C22H18ClNO5S/c1-2-27-22(26)19-20(25)18(30-21(19)24-15-5-3-4-14(23)12-15)11-13-6-7-16-17(10-13)29-9-8-28-16/h3-7,10-12,25H,2,8-9H2,1H3/b18-11+,24-21?. The fraction of sp³-hybridized carbons (Fsp3) is 0.182. The Bertz CT molecular complexity index is 1090. The number of halogens is 1. The first-order valence-electron chi connectivity index (χ1n) is 9.29. The average molecular weight is 444 g/mol. The summed E-state index contributed by atoms with van der Waals surface area (Å²) in [6, 6.07) is 12.4. The molecule has 0 fully saturated rings. The Hall–Kier alpha value is -2.90. The van der Waals surface area contributed by atoms with E-state index in [1.165, 1.54) is 11.8 Å². The minimum atomic E-state index is -0.631.